The van der Waals surface area contributed by atoms with E-state index in [1.165, 1.54) is 19.3 Å². The molecule has 27 heavy (non-hydrogen) atoms. The molecule has 1 heterocycles. The Hall–Kier alpha value is -2.82. The summed E-state index contributed by atoms with van der Waals surface area (Å²) in [5.74, 6) is 0.160. The van der Waals surface area contributed by atoms with Crippen molar-refractivity contribution in [2.24, 2.45) is 5.73 Å². The minimum absolute atomic E-state index is 0.0971. The fourth-order valence-electron chi connectivity index (χ4n) is 3.38. The van der Waals surface area contributed by atoms with Gasteiger partial charge in [-0.1, -0.05) is 43.5 Å². The molecule has 1 aliphatic rings. The normalized spacial score (nSPS) is 14.9. The summed E-state index contributed by atoms with van der Waals surface area (Å²) in [6.45, 7) is 1.51. The number of carbonyl (C=O) groups excluding carboxylic acids is 2. The Morgan fingerprint density at radius 3 is 2.22 bits per heavy atom. The van der Waals surface area contributed by atoms with E-state index in [4.69, 9.17) is 10.5 Å². The third-order valence-electron chi connectivity index (χ3n) is 4.80. The molecule has 0 aliphatic carbocycles. The second kappa shape index (κ2) is 9.21. The van der Waals surface area contributed by atoms with Crippen LogP contribution in [0, 0.1) is 0 Å². The zero-order valence-corrected chi connectivity index (χ0v) is 15.5. The number of ether oxygens (including phenoxy) is 1. The summed E-state index contributed by atoms with van der Waals surface area (Å²) in [5, 5.41) is 0. The van der Waals surface area contributed by atoms with E-state index in [0.717, 1.165) is 37.1 Å². The van der Waals surface area contributed by atoms with Crippen molar-refractivity contribution in [2.45, 2.75) is 32.1 Å². The molecule has 3 rings (SSSR count). The number of hydrogen-bond donors (Lipinski definition) is 1. The number of amides is 2. The zero-order valence-electron chi connectivity index (χ0n) is 15.5. The topological polar surface area (TPSA) is 72.6 Å². The molecule has 1 aliphatic heterocycles. The molecular formula is C22H26N2O3. The Morgan fingerprint density at radius 1 is 0.889 bits per heavy atom. The highest BCUT2D eigenvalue weighted by Gasteiger charge is 2.17. The van der Waals surface area contributed by atoms with Gasteiger partial charge in [0.25, 0.3) is 11.8 Å². The second-order valence-corrected chi connectivity index (χ2v) is 6.92. The average molecular weight is 366 g/mol. The van der Waals surface area contributed by atoms with Gasteiger partial charge in [0.15, 0.2) is 6.61 Å². The van der Waals surface area contributed by atoms with Gasteiger partial charge >= 0.3 is 0 Å². The van der Waals surface area contributed by atoms with Crippen LogP contribution in [-0.2, 0) is 4.79 Å². The highest BCUT2D eigenvalue weighted by atomic mass is 16.5. The van der Waals surface area contributed by atoms with Gasteiger partial charge in [0, 0.05) is 18.7 Å². The lowest BCUT2D eigenvalue weighted by Gasteiger charge is -2.25. The maximum absolute atomic E-state index is 12.9. The Kier molecular flexibility index (Phi) is 6.47. The summed E-state index contributed by atoms with van der Waals surface area (Å²) < 4.78 is 5.38. The molecule has 0 spiro atoms. The number of benzene rings is 2. The van der Waals surface area contributed by atoms with Gasteiger partial charge in [0.05, 0.1) is 0 Å². The first-order valence-corrected chi connectivity index (χ1v) is 9.54. The summed E-state index contributed by atoms with van der Waals surface area (Å²) in [5.41, 5.74) is 7.71. The van der Waals surface area contributed by atoms with Crippen LogP contribution in [0.3, 0.4) is 0 Å². The number of carbonyl (C=O) groups is 2. The fourth-order valence-corrected chi connectivity index (χ4v) is 3.38. The molecule has 2 N–H and O–H groups in total. The van der Waals surface area contributed by atoms with Crippen LogP contribution < -0.4 is 10.5 Å². The lowest BCUT2D eigenvalue weighted by molar-refractivity contribution is -0.119. The Morgan fingerprint density at radius 2 is 1.52 bits per heavy atom. The van der Waals surface area contributed by atoms with Crippen LogP contribution in [-0.4, -0.2) is 36.4 Å². The summed E-state index contributed by atoms with van der Waals surface area (Å²) in [6.07, 6.45) is 5.81. The van der Waals surface area contributed by atoms with Crippen molar-refractivity contribution < 1.29 is 14.3 Å². The van der Waals surface area contributed by atoms with E-state index >= 15 is 0 Å². The molecule has 2 amide bonds. The predicted octanol–water partition coefficient (Wildman–Crippen LogP) is 3.62. The maximum atomic E-state index is 12.9. The molecule has 2 aromatic carbocycles. The smallest absolute Gasteiger partial charge is 0.255 e. The van der Waals surface area contributed by atoms with E-state index in [0.29, 0.717) is 11.3 Å². The van der Waals surface area contributed by atoms with Gasteiger partial charge in [-0.15, -0.1) is 0 Å². The molecule has 0 bridgehead atoms. The van der Waals surface area contributed by atoms with Crippen LogP contribution in [0.5, 0.6) is 5.75 Å². The third-order valence-corrected chi connectivity index (χ3v) is 4.80. The van der Waals surface area contributed by atoms with Crippen LogP contribution in [0.25, 0.3) is 11.1 Å². The minimum Gasteiger partial charge on any atom is -0.484 e. The largest absolute Gasteiger partial charge is 0.484 e. The molecule has 0 radical (unpaired) electrons. The third kappa shape index (κ3) is 5.33. The quantitative estimate of drug-likeness (QED) is 0.878. The van der Waals surface area contributed by atoms with Gasteiger partial charge < -0.3 is 15.4 Å². The van der Waals surface area contributed by atoms with Crippen LogP contribution in [0.4, 0.5) is 0 Å². The van der Waals surface area contributed by atoms with Crippen LogP contribution in [0.1, 0.15) is 42.5 Å². The maximum Gasteiger partial charge on any atom is 0.255 e. The number of nitrogens with two attached hydrogens (primary N) is 1. The highest BCUT2D eigenvalue weighted by molar-refractivity contribution is 5.95. The number of likely N-dealkylation sites (tertiary alicyclic amines) is 1. The SMILES string of the molecule is NC(=O)COc1cccc(-c2cccc(C(=O)N3CCCCCCC3)c2)c1. The first-order valence-electron chi connectivity index (χ1n) is 9.54. The molecule has 0 unspecified atom stereocenters. The van der Waals surface area contributed by atoms with E-state index in [9.17, 15) is 9.59 Å². The van der Waals surface area contributed by atoms with E-state index in [1.54, 1.807) is 6.07 Å². The molecule has 142 valence electrons. The molecule has 1 saturated heterocycles. The summed E-state index contributed by atoms with van der Waals surface area (Å²) in [6, 6.07) is 15.1. The zero-order chi connectivity index (χ0) is 19.1. The average Bonchev–Trinajstić information content (AvgIpc) is 2.66. The predicted molar refractivity (Wildman–Crippen MR) is 106 cm³/mol. The monoisotopic (exact) mass is 366 g/mol. The summed E-state index contributed by atoms with van der Waals surface area (Å²) in [7, 11) is 0. The lowest BCUT2D eigenvalue weighted by Crippen LogP contribution is -2.33. The first kappa shape index (κ1) is 19.0. The van der Waals surface area contributed by atoms with Crippen molar-refractivity contribution in [2.75, 3.05) is 19.7 Å². The standard InChI is InChI=1S/C22H26N2O3/c23-21(25)16-27-20-11-7-9-18(15-20)17-8-6-10-19(14-17)22(26)24-12-4-2-1-3-5-13-24/h6-11,14-15H,1-5,12-13,16H2,(H2,23,25). The van der Waals surface area contributed by atoms with E-state index in [2.05, 4.69) is 0 Å². The van der Waals surface area contributed by atoms with Crippen molar-refractivity contribution in [1.29, 1.82) is 0 Å². The van der Waals surface area contributed by atoms with Crippen molar-refractivity contribution in [3.63, 3.8) is 0 Å². The van der Waals surface area contributed by atoms with E-state index in [-0.39, 0.29) is 12.5 Å². The number of hydrogen-bond acceptors (Lipinski definition) is 3. The molecule has 0 saturated carbocycles. The fraction of sp³-hybridized carbons (Fsp3) is 0.364. The number of nitrogens with zero attached hydrogens (tertiary/aromatic N) is 1. The van der Waals surface area contributed by atoms with Gasteiger partial charge in [-0.25, -0.2) is 0 Å². The van der Waals surface area contributed by atoms with Crippen molar-refractivity contribution in [3.05, 3.63) is 54.1 Å². The minimum atomic E-state index is -0.513. The Labute approximate surface area is 160 Å². The molecule has 0 aromatic heterocycles. The van der Waals surface area contributed by atoms with E-state index < -0.39 is 5.91 Å². The molecular weight excluding hydrogens is 340 g/mol. The molecule has 1 fully saturated rings. The highest BCUT2D eigenvalue weighted by Crippen LogP contribution is 2.25. The van der Waals surface area contributed by atoms with Crippen molar-refractivity contribution in [1.82, 2.24) is 4.90 Å². The molecule has 0 atom stereocenters. The van der Waals surface area contributed by atoms with E-state index in [1.807, 2.05) is 47.4 Å². The van der Waals surface area contributed by atoms with Crippen LogP contribution in [0.15, 0.2) is 48.5 Å². The number of rotatable bonds is 5. The lowest BCUT2D eigenvalue weighted by atomic mass is 10.0. The molecule has 2 aromatic rings. The van der Waals surface area contributed by atoms with Crippen molar-refractivity contribution in [3.8, 4) is 16.9 Å². The van der Waals surface area contributed by atoms with Gasteiger partial charge in [-0.3, -0.25) is 9.59 Å². The van der Waals surface area contributed by atoms with Crippen molar-refractivity contribution >= 4 is 11.8 Å². The summed E-state index contributed by atoms with van der Waals surface area (Å²) in [4.78, 5) is 25.8. The molecule has 5 nitrogen and oxygen atoms in total. The first-order chi connectivity index (χ1) is 13.1. The van der Waals surface area contributed by atoms with Crippen LogP contribution >= 0.6 is 0 Å². The van der Waals surface area contributed by atoms with Gasteiger partial charge in [0.2, 0.25) is 0 Å². The Balaban J connectivity index is 1.77. The second-order valence-electron chi connectivity index (χ2n) is 6.92. The van der Waals surface area contributed by atoms with Gasteiger partial charge in [-0.05, 0) is 48.2 Å². The van der Waals surface area contributed by atoms with Gasteiger partial charge in [0.1, 0.15) is 5.75 Å². The van der Waals surface area contributed by atoms with Gasteiger partial charge in [-0.2, -0.15) is 0 Å². The van der Waals surface area contributed by atoms with Crippen LogP contribution in [0.2, 0.25) is 0 Å². The number of primary amides is 1. The Bertz CT molecular complexity index is 796. The summed E-state index contributed by atoms with van der Waals surface area (Å²) >= 11 is 0. The molecule has 5 heteroatoms.